The van der Waals surface area contributed by atoms with E-state index in [1.54, 1.807) is 11.1 Å². The Morgan fingerprint density at radius 3 is 2.74 bits per heavy atom. The Morgan fingerprint density at radius 1 is 1.22 bits per heavy atom. The lowest BCUT2D eigenvalue weighted by atomic mass is 10.0. The van der Waals surface area contributed by atoms with Gasteiger partial charge in [-0.15, -0.1) is 0 Å². The van der Waals surface area contributed by atoms with E-state index in [2.05, 4.69) is 58.0 Å². The maximum Gasteiger partial charge on any atom is 0.106 e. The highest BCUT2D eigenvalue weighted by atomic mass is 15.2. The van der Waals surface area contributed by atoms with Crippen LogP contribution in [0.1, 0.15) is 55.3 Å². The summed E-state index contributed by atoms with van der Waals surface area (Å²) in [6.45, 7) is 5.66. The van der Waals surface area contributed by atoms with Crippen LogP contribution in [0.5, 0.6) is 0 Å². The number of nitrogens with one attached hydrogen (secondary N) is 1. The van der Waals surface area contributed by atoms with E-state index in [1.165, 1.54) is 57.3 Å². The fourth-order valence-electron chi connectivity index (χ4n) is 4.82. The van der Waals surface area contributed by atoms with Gasteiger partial charge in [-0.2, -0.15) is 0 Å². The third-order valence-electron chi connectivity index (χ3n) is 6.47. The lowest BCUT2D eigenvalue weighted by Gasteiger charge is -2.40. The number of likely N-dealkylation sites (N-methyl/N-ethyl adjacent to an activating group) is 1. The van der Waals surface area contributed by atoms with Crippen LogP contribution >= 0.6 is 0 Å². The summed E-state index contributed by atoms with van der Waals surface area (Å²) in [6.07, 6.45) is 10.6. The molecular formula is C23H34N4. The molecule has 0 saturated carbocycles. The van der Waals surface area contributed by atoms with Gasteiger partial charge in [0.25, 0.3) is 0 Å². The van der Waals surface area contributed by atoms with Crippen LogP contribution in [-0.2, 0) is 25.8 Å². The monoisotopic (exact) mass is 366 g/mol. The smallest absolute Gasteiger partial charge is 0.106 e. The third kappa shape index (κ3) is 4.44. The number of benzene rings is 1. The largest absolute Gasteiger partial charge is 0.345 e. The number of piperidine rings is 1. The predicted molar refractivity (Wildman–Crippen MR) is 111 cm³/mol. The summed E-state index contributed by atoms with van der Waals surface area (Å²) in [5.41, 5.74) is 4.39. The van der Waals surface area contributed by atoms with Crippen molar-refractivity contribution in [2.24, 2.45) is 0 Å². The molecule has 0 amide bonds. The first-order valence-electron chi connectivity index (χ1n) is 10.8. The van der Waals surface area contributed by atoms with Crippen LogP contribution in [0.4, 0.5) is 0 Å². The van der Waals surface area contributed by atoms with Crippen molar-refractivity contribution < 1.29 is 0 Å². The molecule has 1 atom stereocenters. The fourth-order valence-corrected chi connectivity index (χ4v) is 4.82. The number of aromatic amines is 1. The van der Waals surface area contributed by atoms with Gasteiger partial charge in [0.05, 0.1) is 0 Å². The van der Waals surface area contributed by atoms with Gasteiger partial charge in [-0.1, -0.05) is 37.6 Å². The highest BCUT2D eigenvalue weighted by molar-refractivity contribution is 5.33. The van der Waals surface area contributed by atoms with Crippen molar-refractivity contribution in [2.75, 3.05) is 20.1 Å². The summed E-state index contributed by atoms with van der Waals surface area (Å²) in [4.78, 5) is 13.4. The van der Waals surface area contributed by atoms with Gasteiger partial charge in [0.15, 0.2) is 0 Å². The van der Waals surface area contributed by atoms with E-state index in [9.17, 15) is 0 Å². The summed E-state index contributed by atoms with van der Waals surface area (Å²) >= 11 is 0. The second-order valence-electron chi connectivity index (χ2n) is 8.50. The van der Waals surface area contributed by atoms with Crippen molar-refractivity contribution in [3.8, 4) is 0 Å². The van der Waals surface area contributed by atoms with Crippen molar-refractivity contribution in [1.29, 1.82) is 0 Å². The number of rotatable bonds is 7. The molecular weight excluding hydrogens is 332 g/mol. The molecule has 1 aromatic carbocycles. The van der Waals surface area contributed by atoms with Crippen LogP contribution in [0.15, 0.2) is 30.5 Å². The molecule has 2 aliphatic rings. The molecule has 2 heterocycles. The van der Waals surface area contributed by atoms with Crippen molar-refractivity contribution in [3.05, 3.63) is 53.1 Å². The van der Waals surface area contributed by atoms with Gasteiger partial charge in [0.2, 0.25) is 0 Å². The first kappa shape index (κ1) is 18.7. The third-order valence-corrected chi connectivity index (χ3v) is 6.47. The zero-order valence-electron chi connectivity index (χ0n) is 17.0. The number of hydrogen-bond acceptors (Lipinski definition) is 3. The number of imidazole rings is 1. The average Bonchev–Trinajstić information content (AvgIpc) is 3.33. The standard InChI is InChI=1S/C23H34N4/c1-3-4-11-23-24-15-20(25-23)16-26(2)21-10-7-12-27(17-21)22-13-18-8-5-6-9-19(18)14-22/h5-6,8-9,15,21-22H,3-4,7,10-14,16-17H2,1-2H3,(H,24,25). The molecule has 1 fully saturated rings. The second kappa shape index (κ2) is 8.57. The number of fused-ring (bicyclic) bond motifs is 1. The van der Waals surface area contributed by atoms with Gasteiger partial charge in [-0.25, -0.2) is 4.98 Å². The van der Waals surface area contributed by atoms with E-state index < -0.39 is 0 Å². The van der Waals surface area contributed by atoms with Gasteiger partial charge >= 0.3 is 0 Å². The van der Waals surface area contributed by atoms with Crippen molar-refractivity contribution >= 4 is 0 Å². The number of aromatic nitrogens is 2. The van der Waals surface area contributed by atoms with Crippen molar-refractivity contribution in [3.63, 3.8) is 0 Å². The number of likely N-dealkylation sites (tertiary alicyclic amines) is 1. The molecule has 4 rings (SSSR count). The molecule has 146 valence electrons. The Labute approximate surface area is 164 Å². The van der Waals surface area contributed by atoms with E-state index in [4.69, 9.17) is 0 Å². The molecule has 27 heavy (non-hydrogen) atoms. The topological polar surface area (TPSA) is 35.2 Å². The van der Waals surface area contributed by atoms with Gasteiger partial charge in [0, 0.05) is 43.5 Å². The summed E-state index contributed by atoms with van der Waals surface area (Å²) < 4.78 is 0. The second-order valence-corrected chi connectivity index (χ2v) is 8.50. The Morgan fingerprint density at radius 2 is 2.00 bits per heavy atom. The minimum Gasteiger partial charge on any atom is -0.345 e. The number of H-pyrrole nitrogens is 1. The van der Waals surface area contributed by atoms with Gasteiger partial charge in [-0.3, -0.25) is 9.80 Å². The van der Waals surface area contributed by atoms with E-state index in [1.807, 2.05) is 6.20 Å². The van der Waals surface area contributed by atoms with Crippen LogP contribution in [0.25, 0.3) is 0 Å². The number of nitrogens with zero attached hydrogens (tertiary/aromatic N) is 3. The molecule has 2 aromatic rings. The Balaban J connectivity index is 1.32. The summed E-state index contributed by atoms with van der Waals surface area (Å²) in [5.74, 6) is 1.15. The predicted octanol–water partition coefficient (Wildman–Crippen LogP) is 3.82. The summed E-state index contributed by atoms with van der Waals surface area (Å²) in [5, 5.41) is 0. The first-order chi connectivity index (χ1) is 13.2. The molecule has 0 spiro atoms. The zero-order valence-corrected chi connectivity index (χ0v) is 17.0. The quantitative estimate of drug-likeness (QED) is 0.809. The van der Waals surface area contributed by atoms with Crippen LogP contribution in [0, 0.1) is 0 Å². The zero-order chi connectivity index (χ0) is 18.6. The first-order valence-corrected chi connectivity index (χ1v) is 10.8. The van der Waals surface area contributed by atoms with Crippen LogP contribution in [0.3, 0.4) is 0 Å². The lowest BCUT2D eigenvalue weighted by molar-refractivity contribution is 0.0830. The van der Waals surface area contributed by atoms with E-state index in [-0.39, 0.29) is 0 Å². The molecule has 4 heteroatoms. The minimum absolute atomic E-state index is 0.643. The molecule has 1 aliphatic heterocycles. The number of hydrogen-bond donors (Lipinski definition) is 1. The Hall–Kier alpha value is -1.65. The van der Waals surface area contributed by atoms with Crippen molar-refractivity contribution in [2.45, 2.75) is 70.5 Å². The molecule has 1 unspecified atom stereocenters. The SMILES string of the molecule is CCCCc1ncc(CN(C)C2CCCN(C3Cc4ccccc4C3)C2)[nH]1. The summed E-state index contributed by atoms with van der Waals surface area (Å²) in [7, 11) is 2.28. The Kier molecular flexibility index (Phi) is 5.94. The molecule has 1 aliphatic carbocycles. The molecule has 0 bridgehead atoms. The lowest BCUT2D eigenvalue weighted by Crippen LogP contribution is -2.50. The van der Waals surface area contributed by atoms with Gasteiger partial charge in [-0.05, 0) is 56.8 Å². The minimum atomic E-state index is 0.643. The number of unbranched alkanes of at least 4 members (excludes halogenated alkanes) is 1. The number of aryl methyl sites for hydroxylation is 1. The van der Waals surface area contributed by atoms with E-state index in [0.717, 1.165) is 18.8 Å². The molecule has 0 radical (unpaired) electrons. The molecule has 4 nitrogen and oxygen atoms in total. The maximum absolute atomic E-state index is 4.56. The van der Waals surface area contributed by atoms with Gasteiger partial charge in [0.1, 0.15) is 5.82 Å². The summed E-state index contributed by atoms with van der Waals surface area (Å²) in [6, 6.07) is 10.4. The van der Waals surface area contributed by atoms with Crippen LogP contribution < -0.4 is 0 Å². The maximum atomic E-state index is 4.56. The van der Waals surface area contributed by atoms with Crippen molar-refractivity contribution in [1.82, 2.24) is 19.8 Å². The van der Waals surface area contributed by atoms with Crippen LogP contribution in [0.2, 0.25) is 0 Å². The van der Waals surface area contributed by atoms with E-state index in [0.29, 0.717) is 12.1 Å². The molecule has 1 saturated heterocycles. The van der Waals surface area contributed by atoms with E-state index >= 15 is 0 Å². The normalized spacial score (nSPS) is 21.1. The molecule has 1 N–H and O–H groups in total. The molecule has 1 aromatic heterocycles. The highest BCUT2D eigenvalue weighted by Gasteiger charge is 2.31. The Bertz CT molecular complexity index is 712. The highest BCUT2D eigenvalue weighted by Crippen LogP contribution is 2.28. The van der Waals surface area contributed by atoms with Gasteiger partial charge < -0.3 is 4.98 Å². The average molecular weight is 367 g/mol. The fraction of sp³-hybridized carbons (Fsp3) is 0.609. The van der Waals surface area contributed by atoms with Crippen LogP contribution in [-0.4, -0.2) is 52.0 Å².